The molecule has 1 aliphatic rings. The maximum atomic E-state index is 11.5. The Labute approximate surface area is 75.3 Å². The molecule has 0 saturated carbocycles. The number of anilines is 1. The van der Waals surface area contributed by atoms with Gasteiger partial charge in [0.2, 0.25) is 5.91 Å². The molecular formula is C7H11N5O. The molecule has 0 spiro atoms. The van der Waals surface area contributed by atoms with E-state index in [2.05, 4.69) is 10.3 Å². The summed E-state index contributed by atoms with van der Waals surface area (Å²) in [5.41, 5.74) is 5.41. The van der Waals surface area contributed by atoms with E-state index in [0.29, 0.717) is 5.82 Å². The molecule has 1 aliphatic heterocycles. The quantitative estimate of drug-likeness (QED) is 0.619. The second kappa shape index (κ2) is 2.72. The second-order valence-corrected chi connectivity index (χ2v) is 3.19. The highest BCUT2D eigenvalue weighted by atomic mass is 16.2. The first-order valence-electron chi connectivity index (χ1n) is 4.11. The summed E-state index contributed by atoms with van der Waals surface area (Å²) in [6, 6.07) is -0.213. The SMILES string of the molecule is CN1CCC(n2cc(N)nn2)C1=O. The molecule has 1 atom stereocenters. The van der Waals surface area contributed by atoms with Crippen LogP contribution in [0.3, 0.4) is 0 Å². The predicted octanol–water partition coefficient (Wildman–Crippen LogP) is -0.737. The van der Waals surface area contributed by atoms with Crippen LogP contribution < -0.4 is 5.73 Å². The van der Waals surface area contributed by atoms with E-state index in [0.717, 1.165) is 13.0 Å². The van der Waals surface area contributed by atoms with Crippen LogP contribution in [0.2, 0.25) is 0 Å². The third-order valence-electron chi connectivity index (χ3n) is 2.25. The van der Waals surface area contributed by atoms with Crippen molar-refractivity contribution < 1.29 is 4.79 Å². The van der Waals surface area contributed by atoms with Crippen LogP contribution in [0.5, 0.6) is 0 Å². The smallest absolute Gasteiger partial charge is 0.247 e. The van der Waals surface area contributed by atoms with Crippen LogP contribution >= 0.6 is 0 Å². The number of likely N-dealkylation sites (N-methyl/N-ethyl adjacent to an activating group) is 1. The average Bonchev–Trinajstić information content (AvgIpc) is 2.62. The number of carbonyl (C=O) groups is 1. The Kier molecular flexibility index (Phi) is 1.68. The molecule has 1 amide bonds. The van der Waals surface area contributed by atoms with Gasteiger partial charge in [-0.3, -0.25) is 4.79 Å². The summed E-state index contributed by atoms with van der Waals surface area (Å²) in [5, 5.41) is 7.42. The van der Waals surface area contributed by atoms with Gasteiger partial charge in [0, 0.05) is 13.6 Å². The monoisotopic (exact) mass is 181 g/mol. The topological polar surface area (TPSA) is 77.0 Å². The molecule has 1 aromatic rings. The Bertz CT molecular complexity index is 333. The molecule has 13 heavy (non-hydrogen) atoms. The van der Waals surface area contributed by atoms with E-state index in [4.69, 9.17) is 5.73 Å². The van der Waals surface area contributed by atoms with Gasteiger partial charge in [-0.05, 0) is 6.42 Å². The number of nitrogens with zero attached hydrogens (tertiary/aromatic N) is 4. The third-order valence-corrected chi connectivity index (χ3v) is 2.25. The van der Waals surface area contributed by atoms with Crippen molar-refractivity contribution in [2.75, 3.05) is 19.3 Å². The van der Waals surface area contributed by atoms with E-state index in [1.165, 1.54) is 4.68 Å². The molecule has 0 aliphatic carbocycles. The van der Waals surface area contributed by atoms with E-state index in [1.807, 2.05) is 0 Å². The number of nitrogen functional groups attached to an aromatic ring is 1. The Morgan fingerprint density at radius 1 is 1.69 bits per heavy atom. The van der Waals surface area contributed by atoms with E-state index < -0.39 is 0 Å². The normalized spacial score (nSPS) is 22.7. The first kappa shape index (κ1) is 8.03. The van der Waals surface area contributed by atoms with Crippen LogP contribution in [0.15, 0.2) is 6.20 Å². The summed E-state index contributed by atoms with van der Waals surface area (Å²) >= 11 is 0. The Morgan fingerprint density at radius 3 is 2.92 bits per heavy atom. The van der Waals surface area contributed by atoms with Crippen molar-refractivity contribution in [1.82, 2.24) is 19.9 Å². The maximum absolute atomic E-state index is 11.5. The van der Waals surface area contributed by atoms with Crippen molar-refractivity contribution >= 4 is 11.7 Å². The first-order chi connectivity index (χ1) is 6.18. The van der Waals surface area contributed by atoms with Gasteiger partial charge in [-0.25, -0.2) is 4.68 Å². The third kappa shape index (κ3) is 1.24. The van der Waals surface area contributed by atoms with Gasteiger partial charge in [0.25, 0.3) is 0 Å². The number of carbonyl (C=O) groups excluding carboxylic acids is 1. The Balaban J connectivity index is 2.23. The zero-order chi connectivity index (χ0) is 9.42. The van der Waals surface area contributed by atoms with Crippen molar-refractivity contribution in [3.63, 3.8) is 0 Å². The highest BCUT2D eigenvalue weighted by Gasteiger charge is 2.31. The number of hydrogen-bond acceptors (Lipinski definition) is 4. The lowest BCUT2D eigenvalue weighted by molar-refractivity contribution is -0.129. The van der Waals surface area contributed by atoms with Crippen molar-refractivity contribution in [3.05, 3.63) is 6.20 Å². The van der Waals surface area contributed by atoms with Gasteiger partial charge in [-0.2, -0.15) is 0 Å². The van der Waals surface area contributed by atoms with E-state index in [-0.39, 0.29) is 11.9 Å². The highest BCUT2D eigenvalue weighted by Crippen LogP contribution is 2.20. The van der Waals surface area contributed by atoms with Gasteiger partial charge in [0.15, 0.2) is 5.82 Å². The van der Waals surface area contributed by atoms with Gasteiger partial charge in [-0.15, -0.1) is 5.10 Å². The minimum Gasteiger partial charge on any atom is -0.381 e. The van der Waals surface area contributed by atoms with E-state index in [9.17, 15) is 4.79 Å². The second-order valence-electron chi connectivity index (χ2n) is 3.19. The molecule has 70 valence electrons. The van der Waals surface area contributed by atoms with Gasteiger partial charge >= 0.3 is 0 Å². The minimum absolute atomic E-state index is 0.0740. The molecule has 0 aromatic carbocycles. The van der Waals surface area contributed by atoms with Gasteiger partial charge in [0.1, 0.15) is 6.04 Å². The predicted molar refractivity (Wildman–Crippen MR) is 45.7 cm³/mol. The standard InChI is InChI=1S/C7H11N5O/c1-11-3-2-5(7(11)13)12-4-6(8)9-10-12/h4-5H,2-3,8H2,1H3. The number of hydrogen-bond donors (Lipinski definition) is 1. The fourth-order valence-electron chi connectivity index (χ4n) is 1.49. The summed E-state index contributed by atoms with van der Waals surface area (Å²) in [4.78, 5) is 13.2. The van der Waals surface area contributed by atoms with Crippen LogP contribution in [0, 0.1) is 0 Å². The lowest BCUT2D eigenvalue weighted by atomic mass is 10.2. The molecule has 0 bridgehead atoms. The summed E-state index contributed by atoms with van der Waals surface area (Å²) in [6.07, 6.45) is 2.36. The molecule has 1 fully saturated rings. The van der Waals surface area contributed by atoms with Crippen molar-refractivity contribution in [2.45, 2.75) is 12.5 Å². The molecule has 2 heterocycles. The van der Waals surface area contributed by atoms with Crippen LogP contribution in [-0.4, -0.2) is 39.4 Å². The fourth-order valence-corrected chi connectivity index (χ4v) is 1.49. The molecule has 6 nitrogen and oxygen atoms in total. The zero-order valence-electron chi connectivity index (χ0n) is 7.34. The summed E-state index contributed by atoms with van der Waals surface area (Å²) in [7, 11) is 1.78. The molecule has 2 N–H and O–H groups in total. The van der Waals surface area contributed by atoms with Gasteiger partial charge < -0.3 is 10.6 Å². The summed E-state index contributed by atoms with van der Waals surface area (Å²) in [5.74, 6) is 0.423. The Morgan fingerprint density at radius 2 is 2.46 bits per heavy atom. The van der Waals surface area contributed by atoms with Crippen LogP contribution in [0.1, 0.15) is 12.5 Å². The molecule has 6 heteroatoms. The molecular weight excluding hydrogens is 170 g/mol. The summed E-state index contributed by atoms with van der Waals surface area (Å²) in [6.45, 7) is 0.767. The number of likely N-dealkylation sites (tertiary alicyclic amines) is 1. The Hall–Kier alpha value is -1.59. The number of rotatable bonds is 1. The first-order valence-corrected chi connectivity index (χ1v) is 4.11. The maximum Gasteiger partial charge on any atom is 0.247 e. The minimum atomic E-state index is -0.213. The van der Waals surface area contributed by atoms with Crippen molar-refractivity contribution in [2.24, 2.45) is 0 Å². The fraction of sp³-hybridized carbons (Fsp3) is 0.571. The zero-order valence-corrected chi connectivity index (χ0v) is 7.34. The summed E-state index contributed by atoms with van der Waals surface area (Å²) < 4.78 is 1.53. The lowest BCUT2D eigenvalue weighted by Gasteiger charge is -2.09. The van der Waals surface area contributed by atoms with E-state index >= 15 is 0 Å². The van der Waals surface area contributed by atoms with Gasteiger partial charge in [-0.1, -0.05) is 5.21 Å². The average molecular weight is 181 g/mol. The van der Waals surface area contributed by atoms with Crippen LogP contribution in [0.25, 0.3) is 0 Å². The molecule has 2 rings (SSSR count). The number of nitrogens with two attached hydrogens (primary N) is 1. The van der Waals surface area contributed by atoms with Crippen molar-refractivity contribution in [3.8, 4) is 0 Å². The largest absolute Gasteiger partial charge is 0.381 e. The van der Waals surface area contributed by atoms with Crippen molar-refractivity contribution in [1.29, 1.82) is 0 Å². The lowest BCUT2D eigenvalue weighted by Crippen LogP contribution is -2.24. The molecule has 0 radical (unpaired) electrons. The number of aromatic nitrogens is 3. The number of amides is 1. The van der Waals surface area contributed by atoms with Gasteiger partial charge in [0.05, 0.1) is 6.20 Å². The molecule has 1 unspecified atom stereocenters. The molecule has 1 saturated heterocycles. The molecule has 1 aromatic heterocycles. The van der Waals surface area contributed by atoms with Crippen LogP contribution in [-0.2, 0) is 4.79 Å². The van der Waals surface area contributed by atoms with E-state index in [1.54, 1.807) is 18.1 Å². The highest BCUT2D eigenvalue weighted by molar-refractivity contribution is 5.82. The van der Waals surface area contributed by atoms with Crippen LogP contribution in [0.4, 0.5) is 5.82 Å².